The molecule has 0 saturated heterocycles. The van der Waals surface area contributed by atoms with Crippen LogP contribution >= 0.6 is 0 Å². The number of ether oxygens (including phenoxy) is 1. The van der Waals surface area contributed by atoms with Crippen LogP contribution in [0.4, 0.5) is 11.5 Å². The highest BCUT2D eigenvalue weighted by atomic mass is 16.5. The molecule has 0 saturated carbocycles. The fraction of sp³-hybridized carbons (Fsp3) is 0.400. The number of nitrogens with zero attached hydrogens (tertiary/aromatic N) is 3. The molecule has 3 N–H and O–H groups in total. The lowest BCUT2D eigenvalue weighted by atomic mass is 10.2. The Morgan fingerprint density at radius 2 is 1.94 bits per heavy atom. The van der Waals surface area contributed by atoms with Crippen molar-refractivity contribution in [2.24, 2.45) is 5.92 Å². The van der Waals surface area contributed by atoms with Crippen molar-refractivity contribution in [1.82, 2.24) is 14.1 Å². The van der Waals surface area contributed by atoms with Gasteiger partial charge in [0.2, 0.25) is 5.91 Å². The van der Waals surface area contributed by atoms with Gasteiger partial charge in [0.25, 0.3) is 5.56 Å². The topological polar surface area (TPSA) is 146 Å². The van der Waals surface area contributed by atoms with Gasteiger partial charge in [-0.25, -0.2) is 9.59 Å². The average molecular weight is 431 g/mol. The van der Waals surface area contributed by atoms with Gasteiger partial charge in [-0.05, 0) is 18.1 Å². The van der Waals surface area contributed by atoms with Gasteiger partial charge in [0, 0.05) is 20.2 Å². The van der Waals surface area contributed by atoms with E-state index >= 15 is 0 Å². The molecule has 166 valence electrons. The third-order valence-electron chi connectivity index (χ3n) is 4.72. The maximum atomic E-state index is 13.2. The third-order valence-corrected chi connectivity index (χ3v) is 4.72. The zero-order valence-electron chi connectivity index (χ0n) is 17.6. The quantitative estimate of drug-likeness (QED) is 0.524. The summed E-state index contributed by atoms with van der Waals surface area (Å²) in [5.74, 6) is -1.35. The average Bonchev–Trinajstić information content (AvgIpc) is 3.02. The number of nitrogens with one attached hydrogen (secondary N) is 1. The molecule has 0 bridgehead atoms. The minimum Gasteiger partial charge on any atom is -0.408 e. The summed E-state index contributed by atoms with van der Waals surface area (Å²) in [7, 11) is 1.45. The van der Waals surface area contributed by atoms with Crippen LogP contribution in [0.1, 0.15) is 13.8 Å². The minimum atomic E-state index is -0.795. The Kier molecular flexibility index (Phi) is 6.44. The first-order valence-corrected chi connectivity index (χ1v) is 9.74. The molecular weight excluding hydrogens is 406 g/mol. The molecule has 0 aliphatic heterocycles. The molecule has 3 aromatic rings. The molecule has 0 unspecified atom stereocenters. The molecule has 1 aromatic carbocycles. The van der Waals surface area contributed by atoms with Crippen LogP contribution in [-0.4, -0.2) is 40.3 Å². The smallest absolute Gasteiger partial charge is 0.408 e. The number of hydrogen-bond acceptors (Lipinski definition) is 7. The van der Waals surface area contributed by atoms with Crippen LogP contribution in [0.5, 0.6) is 0 Å². The van der Waals surface area contributed by atoms with Crippen molar-refractivity contribution < 1.29 is 13.9 Å². The van der Waals surface area contributed by atoms with E-state index in [2.05, 4.69) is 4.98 Å². The van der Waals surface area contributed by atoms with E-state index in [-0.39, 0.29) is 43.7 Å². The highest BCUT2D eigenvalue weighted by Gasteiger charge is 2.25. The summed E-state index contributed by atoms with van der Waals surface area (Å²) in [6, 6.07) is 6.69. The summed E-state index contributed by atoms with van der Waals surface area (Å²) in [5.41, 5.74) is 5.33. The second-order valence-corrected chi connectivity index (χ2v) is 7.46. The van der Waals surface area contributed by atoms with E-state index < -0.39 is 22.9 Å². The van der Waals surface area contributed by atoms with Gasteiger partial charge in [-0.1, -0.05) is 26.0 Å². The maximum absolute atomic E-state index is 13.2. The lowest BCUT2D eigenvalue weighted by molar-refractivity contribution is -0.119. The number of oxazole rings is 1. The van der Waals surface area contributed by atoms with Crippen LogP contribution in [0.2, 0.25) is 0 Å². The van der Waals surface area contributed by atoms with E-state index in [9.17, 15) is 19.2 Å². The highest BCUT2D eigenvalue weighted by Crippen LogP contribution is 2.19. The number of methoxy groups -OCH3 is 1. The number of anilines is 2. The monoisotopic (exact) mass is 431 g/mol. The van der Waals surface area contributed by atoms with Crippen LogP contribution in [0.3, 0.4) is 0 Å². The van der Waals surface area contributed by atoms with E-state index in [0.717, 1.165) is 4.90 Å². The molecule has 0 spiro atoms. The van der Waals surface area contributed by atoms with Crippen molar-refractivity contribution in [1.29, 1.82) is 0 Å². The van der Waals surface area contributed by atoms with Crippen molar-refractivity contribution >= 4 is 28.5 Å². The Hall–Kier alpha value is -3.60. The predicted octanol–water partition coefficient (Wildman–Crippen LogP) is 0.362. The second-order valence-electron chi connectivity index (χ2n) is 7.46. The normalized spacial score (nSPS) is 11.4. The second kappa shape index (κ2) is 9.04. The predicted molar refractivity (Wildman–Crippen MR) is 115 cm³/mol. The first-order valence-electron chi connectivity index (χ1n) is 9.74. The Morgan fingerprint density at radius 3 is 2.61 bits per heavy atom. The summed E-state index contributed by atoms with van der Waals surface area (Å²) in [4.78, 5) is 53.7. The zero-order valence-corrected chi connectivity index (χ0v) is 17.6. The van der Waals surface area contributed by atoms with Gasteiger partial charge in [-0.15, -0.1) is 0 Å². The number of aromatic amines is 1. The van der Waals surface area contributed by atoms with Gasteiger partial charge < -0.3 is 19.8 Å². The van der Waals surface area contributed by atoms with Gasteiger partial charge in [0.1, 0.15) is 12.4 Å². The lowest BCUT2D eigenvalue weighted by Crippen LogP contribution is -2.44. The summed E-state index contributed by atoms with van der Waals surface area (Å²) >= 11 is 0. The molecule has 2 heterocycles. The highest BCUT2D eigenvalue weighted by molar-refractivity contribution is 5.96. The van der Waals surface area contributed by atoms with E-state index in [1.165, 1.54) is 16.2 Å². The van der Waals surface area contributed by atoms with Gasteiger partial charge in [-0.2, -0.15) is 0 Å². The Balaban J connectivity index is 2.07. The van der Waals surface area contributed by atoms with E-state index in [1.807, 2.05) is 13.8 Å². The van der Waals surface area contributed by atoms with Crippen LogP contribution < -0.4 is 27.6 Å². The number of nitrogens with two attached hydrogens (primary N) is 1. The molecule has 31 heavy (non-hydrogen) atoms. The number of rotatable bonds is 8. The standard InChI is InChI=1S/C20H25N5O6/c1-12(2)10-25-17(21)16(18(27)22-19(25)28)23(8-9-30-3)15(26)11-24-13-6-4-5-7-14(13)31-20(24)29/h4-7,12H,8-11,21H2,1-3H3,(H,22,27,28). The fourth-order valence-electron chi connectivity index (χ4n) is 3.31. The Bertz CT molecular complexity index is 1270. The van der Waals surface area contributed by atoms with Crippen molar-refractivity contribution in [3.63, 3.8) is 0 Å². The van der Waals surface area contributed by atoms with E-state index in [0.29, 0.717) is 11.1 Å². The first-order chi connectivity index (χ1) is 14.7. The molecule has 0 atom stereocenters. The van der Waals surface area contributed by atoms with Gasteiger partial charge in [0.15, 0.2) is 11.3 Å². The van der Waals surface area contributed by atoms with Crippen LogP contribution in [0.25, 0.3) is 11.1 Å². The summed E-state index contributed by atoms with van der Waals surface area (Å²) in [5, 5.41) is 0. The van der Waals surface area contributed by atoms with Gasteiger partial charge in [0.05, 0.1) is 12.1 Å². The number of para-hydroxylation sites is 2. The molecule has 0 aliphatic rings. The molecular formula is C20H25N5O6. The SMILES string of the molecule is COCCN(C(=O)Cn1c(=O)oc2ccccc21)c1c(N)n(CC(C)C)c(=O)[nH]c1=O. The summed E-state index contributed by atoms with van der Waals surface area (Å²) < 4.78 is 12.6. The van der Waals surface area contributed by atoms with E-state index in [4.69, 9.17) is 14.9 Å². The number of H-pyrrole nitrogens is 1. The van der Waals surface area contributed by atoms with Crippen molar-refractivity contribution in [2.45, 2.75) is 26.9 Å². The summed E-state index contributed by atoms with van der Waals surface area (Å²) in [6.07, 6.45) is 0. The van der Waals surface area contributed by atoms with Crippen molar-refractivity contribution in [3.05, 3.63) is 55.7 Å². The van der Waals surface area contributed by atoms with Crippen LogP contribution in [0.15, 0.2) is 43.1 Å². The van der Waals surface area contributed by atoms with Crippen LogP contribution in [-0.2, 0) is 22.6 Å². The zero-order chi connectivity index (χ0) is 22.7. The maximum Gasteiger partial charge on any atom is 0.420 e. The van der Waals surface area contributed by atoms with E-state index in [1.54, 1.807) is 24.3 Å². The van der Waals surface area contributed by atoms with Crippen LogP contribution in [0, 0.1) is 5.92 Å². The number of carbonyl (C=O) groups is 1. The van der Waals surface area contributed by atoms with Gasteiger partial charge in [-0.3, -0.25) is 23.7 Å². The molecule has 3 rings (SSSR count). The number of benzene rings is 1. The van der Waals surface area contributed by atoms with Gasteiger partial charge >= 0.3 is 11.4 Å². The fourth-order valence-corrected chi connectivity index (χ4v) is 3.31. The molecule has 2 aromatic heterocycles. The Labute approximate surface area is 176 Å². The number of fused-ring (bicyclic) bond motifs is 1. The minimum absolute atomic E-state index is 0.00691. The van der Waals surface area contributed by atoms with Crippen molar-refractivity contribution in [2.75, 3.05) is 30.9 Å². The molecule has 1 amide bonds. The molecule has 0 aliphatic carbocycles. The van der Waals surface area contributed by atoms with Crippen molar-refractivity contribution in [3.8, 4) is 0 Å². The third kappa shape index (κ3) is 4.45. The number of carbonyl (C=O) groups excluding carboxylic acids is 1. The molecule has 0 radical (unpaired) electrons. The lowest BCUT2D eigenvalue weighted by Gasteiger charge is -2.24. The molecule has 11 nitrogen and oxygen atoms in total. The molecule has 11 heteroatoms. The largest absolute Gasteiger partial charge is 0.420 e. The first kappa shape index (κ1) is 22.1. The number of amides is 1. The summed E-state index contributed by atoms with van der Waals surface area (Å²) in [6.45, 7) is 3.75. The number of aromatic nitrogens is 3. The molecule has 0 fully saturated rings. The number of nitrogen functional groups attached to an aromatic ring is 1. The number of hydrogen-bond donors (Lipinski definition) is 2. The Morgan fingerprint density at radius 1 is 1.23 bits per heavy atom.